The van der Waals surface area contributed by atoms with Crippen LogP contribution in [0.15, 0.2) is 33.7 Å². The molecule has 1 atom stereocenters. The Labute approximate surface area is 115 Å². The molecule has 1 N–H and O–H groups in total. The van der Waals surface area contributed by atoms with Gasteiger partial charge in [0.05, 0.1) is 18.0 Å². The fraction of sp³-hybridized carbons (Fsp3) is 0.462. The first kappa shape index (κ1) is 13.4. The van der Waals surface area contributed by atoms with E-state index in [1.807, 2.05) is 23.0 Å². The maximum atomic E-state index is 5.34. The van der Waals surface area contributed by atoms with Gasteiger partial charge in [-0.1, -0.05) is 6.92 Å². The lowest BCUT2D eigenvalue weighted by Gasteiger charge is -2.20. The molecule has 1 unspecified atom stereocenters. The van der Waals surface area contributed by atoms with Crippen LogP contribution in [-0.2, 0) is 0 Å². The lowest BCUT2D eigenvalue weighted by Crippen LogP contribution is -2.25. The third-order valence-corrected chi connectivity index (χ3v) is 3.50. The molecule has 0 aliphatic heterocycles. The molecule has 2 aromatic rings. The first-order valence-electron chi connectivity index (χ1n) is 6.14. The van der Waals surface area contributed by atoms with Crippen LogP contribution in [0.4, 0.5) is 0 Å². The summed E-state index contributed by atoms with van der Waals surface area (Å²) in [5, 5.41) is 7.86. The molecule has 2 heterocycles. The van der Waals surface area contributed by atoms with Gasteiger partial charge in [0.1, 0.15) is 0 Å². The molecule has 0 fully saturated rings. The van der Waals surface area contributed by atoms with Gasteiger partial charge in [0, 0.05) is 17.8 Å². The highest BCUT2D eigenvalue weighted by Gasteiger charge is 2.22. The van der Waals surface area contributed by atoms with E-state index in [-0.39, 0.29) is 6.04 Å². The third kappa shape index (κ3) is 2.52. The van der Waals surface area contributed by atoms with Crippen LogP contribution >= 0.6 is 15.9 Å². The van der Waals surface area contributed by atoms with Gasteiger partial charge in [0.2, 0.25) is 0 Å². The van der Waals surface area contributed by atoms with Crippen molar-refractivity contribution < 1.29 is 4.42 Å². The summed E-state index contributed by atoms with van der Waals surface area (Å²) < 4.78 is 8.14. The Morgan fingerprint density at radius 1 is 1.44 bits per heavy atom. The normalized spacial score (nSPS) is 13.2. The van der Waals surface area contributed by atoms with Crippen LogP contribution in [0, 0.1) is 0 Å². The zero-order chi connectivity index (χ0) is 13.1. The minimum absolute atomic E-state index is 0.0908. The van der Waals surface area contributed by atoms with Crippen molar-refractivity contribution in [2.75, 3.05) is 6.54 Å². The van der Waals surface area contributed by atoms with Crippen molar-refractivity contribution in [2.24, 2.45) is 0 Å². The summed E-state index contributed by atoms with van der Waals surface area (Å²) >= 11 is 3.45. The predicted octanol–water partition coefficient (Wildman–Crippen LogP) is 3.52. The molecule has 0 aliphatic carbocycles. The van der Waals surface area contributed by atoms with Crippen LogP contribution in [0.1, 0.15) is 44.1 Å². The predicted molar refractivity (Wildman–Crippen MR) is 74.5 cm³/mol. The average Bonchev–Trinajstić information content (AvgIpc) is 2.94. The molecule has 4 nitrogen and oxygen atoms in total. The number of nitrogens with zero attached hydrogens (tertiary/aromatic N) is 2. The van der Waals surface area contributed by atoms with Crippen LogP contribution in [0.3, 0.4) is 0 Å². The van der Waals surface area contributed by atoms with E-state index in [1.54, 1.807) is 6.26 Å². The third-order valence-electron chi connectivity index (χ3n) is 2.85. The zero-order valence-electron chi connectivity index (χ0n) is 10.9. The van der Waals surface area contributed by atoms with Crippen LogP contribution in [-0.4, -0.2) is 16.3 Å². The van der Waals surface area contributed by atoms with E-state index in [0.29, 0.717) is 6.04 Å². The van der Waals surface area contributed by atoms with Gasteiger partial charge in [0.15, 0.2) is 4.67 Å². The molecule has 2 aromatic heterocycles. The molecule has 0 saturated heterocycles. The maximum Gasteiger partial charge on any atom is 0.174 e. The van der Waals surface area contributed by atoms with E-state index in [9.17, 15) is 0 Å². The number of halogens is 1. The van der Waals surface area contributed by atoms with Crippen LogP contribution in [0.5, 0.6) is 0 Å². The van der Waals surface area contributed by atoms with Crippen LogP contribution in [0.25, 0.3) is 0 Å². The van der Waals surface area contributed by atoms with Crippen molar-refractivity contribution in [1.29, 1.82) is 0 Å². The summed E-state index contributed by atoms with van der Waals surface area (Å²) in [5.74, 6) is 0. The summed E-state index contributed by atoms with van der Waals surface area (Å²) in [6, 6.07) is 4.46. The lowest BCUT2D eigenvalue weighted by atomic mass is 10.1. The Morgan fingerprint density at radius 3 is 2.78 bits per heavy atom. The summed E-state index contributed by atoms with van der Waals surface area (Å²) in [6.45, 7) is 7.23. The van der Waals surface area contributed by atoms with Gasteiger partial charge in [-0.3, -0.25) is 4.68 Å². The quantitative estimate of drug-likeness (QED) is 0.918. The number of rotatable bonds is 5. The molecule has 0 bridgehead atoms. The minimum atomic E-state index is 0.0908. The van der Waals surface area contributed by atoms with Gasteiger partial charge in [-0.2, -0.15) is 5.10 Å². The molecule has 0 aromatic carbocycles. The van der Waals surface area contributed by atoms with E-state index >= 15 is 0 Å². The Kier molecular flexibility index (Phi) is 4.24. The number of furan rings is 1. The summed E-state index contributed by atoms with van der Waals surface area (Å²) in [6.07, 6.45) is 3.54. The molecule has 0 aliphatic rings. The largest absolute Gasteiger partial charge is 0.457 e. The summed E-state index contributed by atoms with van der Waals surface area (Å²) in [7, 11) is 0. The fourth-order valence-corrected chi connectivity index (χ4v) is 2.54. The number of nitrogens with one attached hydrogen (secondary N) is 1. The van der Waals surface area contributed by atoms with Gasteiger partial charge >= 0.3 is 0 Å². The van der Waals surface area contributed by atoms with Crippen molar-refractivity contribution in [3.8, 4) is 0 Å². The van der Waals surface area contributed by atoms with Crippen molar-refractivity contribution in [1.82, 2.24) is 15.1 Å². The van der Waals surface area contributed by atoms with E-state index in [2.05, 4.69) is 47.1 Å². The Morgan fingerprint density at radius 2 is 2.22 bits per heavy atom. The highest BCUT2D eigenvalue weighted by Crippen LogP contribution is 2.30. The second-order valence-electron chi connectivity index (χ2n) is 4.43. The number of hydrogen-bond donors (Lipinski definition) is 1. The highest BCUT2D eigenvalue weighted by molar-refractivity contribution is 9.10. The SMILES string of the molecule is CCNC(c1ccoc1Br)c1ccnn1C(C)C. The summed E-state index contributed by atoms with van der Waals surface area (Å²) in [5.41, 5.74) is 2.24. The van der Waals surface area contributed by atoms with Crippen LogP contribution < -0.4 is 5.32 Å². The van der Waals surface area contributed by atoms with Gasteiger partial charge in [0.25, 0.3) is 0 Å². The fourth-order valence-electron chi connectivity index (χ4n) is 2.07. The topological polar surface area (TPSA) is 43.0 Å². The molecule has 0 radical (unpaired) electrons. The van der Waals surface area contributed by atoms with E-state index in [0.717, 1.165) is 22.5 Å². The Hall–Kier alpha value is -1.07. The number of aromatic nitrogens is 2. The summed E-state index contributed by atoms with van der Waals surface area (Å²) in [4.78, 5) is 0. The molecule has 5 heteroatoms. The molecule has 98 valence electrons. The van der Waals surface area contributed by atoms with Crippen molar-refractivity contribution >= 4 is 15.9 Å². The van der Waals surface area contributed by atoms with Crippen LogP contribution in [0.2, 0.25) is 0 Å². The second-order valence-corrected chi connectivity index (χ2v) is 5.15. The molecule has 18 heavy (non-hydrogen) atoms. The van der Waals surface area contributed by atoms with Crippen molar-refractivity contribution in [2.45, 2.75) is 32.9 Å². The smallest absolute Gasteiger partial charge is 0.174 e. The van der Waals surface area contributed by atoms with Gasteiger partial charge < -0.3 is 9.73 Å². The van der Waals surface area contributed by atoms with E-state index in [1.165, 1.54) is 0 Å². The molecule has 2 rings (SSSR count). The number of hydrogen-bond acceptors (Lipinski definition) is 3. The standard InChI is InChI=1S/C13H18BrN3O/c1-4-15-12(10-6-8-18-13(10)14)11-5-7-16-17(11)9(2)3/h5-9,12,15H,4H2,1-3H3. The zero-order valence-corrected chi connectivity index (χ0v) is 12.4. The lowest BCUT2D eigenvalue weighted by molar-refractivity contribution is 0.470. The first-order chi connectivity index (χ1) is 8.65. The molecule has 0 amide bonds. The van der Waals surface area contributed by atoms with Crippen molar-refractivity contribution in [3.05, 3.63) is 40.5 Å². The highest BCUT2D eigenvalue weighted by atomic mass is 79.9. The monoisotopic (exact) mass is 311 g/mol. The molecule has 0 saturated carbocycles. The van der Waals surface area contributed by atoms with Crippen molar-refractivity contribution in [3.63, 3.8) is 0 Å². The Bertz CT molecular complexity index is 504. The van der Waals surface area contributed by atoms with Gasteiger partial charge in [-0.05, 0) is 48.5 Å². The van der Waals surface area contributed by atoms with Gasteiger partial charge in [-0.25, -0.2) is 0 Å². The second kappa shape index (κ2) is 5.71. The van der Waals surface area contributed by atoms with E-state index < -0.39 is 0 Å². The Balaban J connectivity index is 2.42. The van der Waals surface area contributed by atoms with Gasteiger partial charge in [-0.15, -0.1) is 0 Å². The minimum Gasteiger partial charge on any atom is -0.457 e. The average molecular weight is 312 g/mol. The molecule has 0 spiro atoms. The molecular formula is C13H18BrN3O. The van der Waals surface area contributed by atoms with E-state index in [4.69, 9.17) is 4.42 Å². The maximum absolute atomic E-state index is 5.34. The first-order valence-corrected chi connectivity index (χ1v) is 6.94. The molecular weight excluding hydrogens is 294 g/mol.